The Bertz CT molecular complexity index is 322. The first-order valence-electron chi connectivity index (χ1n) is 7.76. The van der Waals surface area contributed by atoms with Crippen molar-refractivity contribution in [2.24, 2.45) is 5.92 Å². The summed E-state index contributed by atoms with van der Waals surface area (Å²) in [6, 6.07) is 0.232. The molecule has 2 aliphatic rings. The molecule has 0 saturated carbocycles. The van der Waals surface area contributed by atoms with Crippen molar-refractivity contribution >= 4 is 5.91 Å². The molecule has 20 heavy (non-hydrogen) atoms. The molecule has 2 aliphatic heterocycles. The van der Waals surface area contributed by atoms with E-state index in [0.29, 0.717) is 19.1 Å². The number of likely N-dealkylation sites (N-methyl/N-ethyl adjacent to an activating group) is 1. The van der Waals surface area contributed by atoms with Crippen LogP contribution < -0.4 is 5.32 Å². The number of nitrogens with zero attached hydrogens (tertiary/aromatic N) is 1. The van der Waals surface area contributed by atoms with E-state index in [0.717, 1.165) is 32.4 Å². The van der Waals surface area contributed by atoms with Crippen LogP contribution in [0.15, 0.2) is 0 Å². The van der Waals surface area contributed by atoms with Crippen LogP contribution in [0, 0.1) is 5.92 Å². The average Bonchev–Trinajstić information content (AvgIpc) is 2.38. The van der Waals surface area contributed by atoms with Crippen LogP contribution in [0.2, 0.25) is 0 Å². The summed E-state index contributed by atoms with van der Waals surface area (Å²) in [4.78, 5) is 14.4. The number of ether oxygens (including phenoxy) is 2. The highest BCUT2D eigenvalue weighted by Crippen LogP contribution is 2.20. The van der Waals surface area contributed by atoms with Crippen molar-refractivity contribution in [2.75, 3.05) is 33.4 Å². The predicted octanol–water partition coefficient (Wildman–Crippen LogP) is 1.03. The minimum atomic E-state index is -0.319. The van der Waals surface area contributed by atoms with E-state index in [9.17, 15) is 4.79 Å². The number of carbonyl (C=O) groups is 1. The molecule has 0 radical (unpaired) electrons. The summed E-state index contributed by atoms with van der Waals surface area (Å²) in [6.07, 6.45) is 2.86. The number of hydrogen-bond acceptors (Lipinski definition) is 4. The Morgan fingerprint density at radius 3 is 2.85 bits per heavy atom. The maximum atomic E-state index is 12.2. The van der Waals surface area contributed by atoms with Crippen LogP contribution in [-0.2, 0) is 14.3 Å². The third-order valence-corrected chi connectivity index (χ3v) is 4.01. The molecule has 0 aromatic carbocycles. The van der Waals surface area contributed by atoms with Gasteiger partial charge in [-0.3, -0.25) is 4.79 Å². The summed E-state index contributed by atoms with van der Waals surface area (Å²) in [5.41, 5.74) is 0. The second kappa shape index (κ2) is 7.38. The Morgan fingerprint density at radius 2 is 2.15 bits per heavy atom. The van der Waals surface area contributed by atoms with Gasteiger partial charge in [0.2, 0.25) is 0 Å². The molecule has 2 fully saturated rings. The number of amides is 1. The normalized spacial score (nSPS) is 32.3. The van der Waals surface area contributed by atoms with E-state index in [4.69, 9.17) is 9.47 Å². The fourth-order valence-electron chi connectivity index (χ4n) is 2.93. The third kappa shape index (κ3) is 4.72. The second-order valence-corrected chi connectivity index (χ2v) is 6.47. The van der Waals surface area contributed by atoms with Crippen LogP contribution in [0.3, 0.4) is 0 Å². The standard InChI is InChI=1S/C15H28N2O3/c1-11(2)8-13-9-12(4-6-19-13)16-15(18)14-10-17(3)5-7-20-14/h11-14H,4-10H2,1-3H3,(H,16,18)/t12-,13-,14+/m1/s1. The van der Waals surface area contributed by atoms with Gasteiger partial charge in [-0.15, -0.1) is 0 Å². The highest BCUT2D eigenvalue weighted by molar-refractivity contribution is 5.81. The highest BCUT2D eigenvalue weighted by atomic mass is 16.5. The molecule has 0 aliphatic carbocycles. The smallest absolute Gasteiger partial charge is 0.250 e. The van der Waals surface area contributed by atoms with Crippen molar-refractivity contribution in [1.82, 2.24) is 10.2 Å². The lowest BCUT2D eigenvalue weighted by Gasteiger charge is -2.34. The zero-order valence-corrected chi connectivity index (χ0v) is 12.9. The van der Waals surface area contributed by atoms with Gasteiger partial charge in [-0.2, -0.15) is 0 Å². The summed E-state index contributed by atoms with van der Waals surface area (Å²) in [5, 5.41) is 3.14. The molecular formula is C15H28N2O3. The van der Waals surface area contributed by atoms with Gasteiger partial charge in [0.25, 0.3) is 5.91 Å². The molecule has 2 saturated heterocycles. The zero-order chi connectivity index (χ0) is 14.5. The molecule has 0 bridgehead atoms. The monoisotopic (exact) mass is 284 g/mol. The second-order valence-electron chi connectivity index (χ2n) is 6.47. The van der Waals surface area contributed by atoms with E-state index in [2.05, 4.69) is 24.1 Å². The van der Waals surface area contributed by atoms with E-state index < -0.39 is 0 Å². The maximum Gasteiger partial charge on any atom is 0.250 e. The van der Waals surface area contributed by atoms with Crippen molar-refractivity contribution < 1.29 is 14.3 Å². The number of morpholine rings is 1. The highest BCUT2D eigenvalue weighted by Gasteiger charge is 2.29. The number of carbonyl (C=O) groups excluding carboxylic acids is 1. The first kappa shape index (κ1) is 15.7. The van der Waals surface area contributed by atoms with Gasteiger partial charge < -0.3 is 19.7 Å². The Labute approximate surface area is 122 Å². The number of rotatable bonds is 4. The van der Waals surface area contributed by atoms with Gasteiger partial charge >= 0.3 is 0 Å². The van der Waals surface area contributed by atoms with Crippen LogP contribution >= 0.6 is 0 Å². The Morgan fingerprint density at radius 1 is 1.35 bits per heavy atom. The molecule has 2 heterocycles. The first-order chi connectivity index (χ1) is 9.54. The molecular weight excluding hydrogens is 256 g/mol. The van der Waals surface area contributed by atoms with Gasteiger partial charge in [0, 0.05) is 25.7 Å². The largest absolute Gasteiger partial charge is 0.378 e. The lowest BCUT2D eigenvalue weighted by atomic mass is 9.96. The van der Waals surface area contributed by atoms with Gasteiger partial charge in [0.05, 0.1) is 12.7 Å². The predicted molar refractivity (Wildman–Crippen MR) is 77.6 cm³/mol. The van der Waals surface area contributed by atoms with Crippen molar-refractivity contribution in [3.63, 3.8) is 0 Å². The van der Waals surface area contributed by atoms with Gasteiger partial charge in [0.15, 0.2) is 0 Å². The summed E-state index contributed by atoms with van der Waals surface area (Å²) in [5.74, 6) is 0.663. The van der Waals surface area contributed by atoms with E-state index in [1.165, 1.54) is 0 Å². The lowest BCUT2D eigenvalue weighted by Crippen LogP contribution is -2.52. The van der Waals surface area contributed by atoms with E-state index >= 15 is 0 Å². The van der Waals surface area contributed by atoms with E-state index in [1.54, 1.807) is 0 Å². The van der Waals surface area contributed by atoms with Crippen LogP contribution in [0.5, 0.6) is 0 Å². The molecule has 5 heteroatoms. The fourth-order valence-corrected chi connectivity index (χ4v) is 2.93. The third-order valence-electron chi connectivity index (χ3n) is 4.01. The van der Waals surface area contributed by atoms with Crippen LogP contribution in [0.4, 0.5) is 0 Å². The van der Waals surface area contributed by atoms with E-state index in [1.807, 2.05) is 7.05 Å². The number of hydrogen-bond donors (Lipinski definition) is 1. The average molecular weight is 284 g/mol. The van der Waals surface area contributed by atoms with Crippen molar-refractivity contribution in [1.29, 1.82) is 0 Å². The minimum Gasteiger partial charge on any atom is -0.378 e. The fraction of sp³-hybridized carbons (Fsp3) is 0.933. The molecule has 0 unspecified atom stereocenters. The Balaban J connectivity index is 1.78. The SMILES string of the molecule is CC(C)C[C@@H]1C[C@H](NC(=O)[C@@H]2CN(C)CCO2)CCO1. The molecule has 2 rings (SSSR count). The van der Waals surface area contributed by atoms with Crippen molar-refractivity contribution in [2.45, 2.75) is 51.4 Å². The summed E-state index contributed by atoms with van der Waals surface area (Å²) in [7, 11) is 2.02. The zero-order valence-electron chi connectivity index (χ0n) is 12.9. The van der Waals surface area contributed by atoms with Crippen molar-refractivity contribution in [3.05, 3.63) is 0 Å². The maximum absolute atomic E-state index is 12.2. The van der Waals surface area contributed by atoms with Crippen LogP contribution in [0.25, 0.3) is 0 Å². The molecule has 0 spiro atoms. The van der Waals surface area contributed by atoms with E-state index in [-0.39, 0.29) is 24.2 Å². The summed E-state index contributed by atoms with van der Waals surface area (Å²) < 4.78 is 11.3. The Kier molecular flexibility index (Phi) is 5.81. The Hall–Kier alpha value is -0.650. The molecule has 1 amide bonds. The first-order valence-corrected chi connectivity index (χ1v) is 7.76. The van der Waals surface area contributed by atoms with Crippen molar-refractivity contribution in [3.8, 4) is 0 Å². The van der Waals surface area contributed by atoms with Gasteiger partial charge in [0.1, 0.15) is 6.10 Å². The van der Waals surface area contributed by atoms with Gasteiger partial charge in [-0.05, 0) is 32.2 Å². The molecule has 0 aromatic rings. The molecule has 116 valence electrons. The lowest BCUT2D eigenvalue weighted by molar-refractivity contribution is -0.139. The molecule has 0 aromatic heterocycles. The molecule has 1 N–H and O–H groups in total. The van der Waals surface area contributed by atoms with Crippen LogP contribution in [-0.4, -0.2) is 62.4 Å². The number of nitrogens with one attached hydrogen (secondary N) is 1. The van der Waals surface area contributed by atoms with Gasteiger partial charge in [-0.25, -0.2) is 0 Å². The summed E-state index contributed by atoms with van der Waals surface area (Å²) in [6.45, 7) is 7.38. The molecule has 5 nitrogen and oxygen atoms in total. The van der Waals surface area contributed by atoms with Crippen LogP contribution in [0.1, 0.15) is 33.1 Å². The molecule has 3 atom stereocenters. The quantitative estimate of drug-likeness (QED) is 0.837. The summed E-state index contributed by atoms with van der Waals surface area (Å²) >= 11 is 0. The van der Waals surface area contributed by atoms with Gasteiger partial charge in [-0.1, -0.05) is 13.8 Å². The minimum absolute atomic E-state index is 0.0340. The topological polar surface area (TPSA) is 50.8 Å².